The highest BCUT2D eigenvalue weighted by atomic mass is 16.2. The SMILES string of the molecule is CCCCCCN1N=C(C)C(C(CCC)C2C(=O)N(CCCCCC)N=C2C)C1=O. The quantitative estimate of drug-likeness (QED) is 0.362. The molecule has 6 heteroatoms. The average Bonchev–Trinajstić information content (AvgIpc) is 3.15. The van der Waals surface area contributed by atoms with Crippen LogP contribution in [0.25, 0.3) is 0 Å². The van der Waals surface area contributed by atoms with Gasteiger partial charge in [0.05, 0.1) is 11.8 Å². The standard InChI is InChI=1S/C24H42N4O2/c1-6-9-11-13-16-27-23(29)21(18(4)25-27)20(15-8-3)22-19(5)26-28(24(22)30)17-14-12-10-7-2/h20-22H,6-17H2,1-5H3. The predicted octanol–water partition coefficient (Wildman–Crippen LogP) is 5.23. The van der Waals surface area contributed by atoms with Gasteiger partial charge in [0.2, 0.25) is 0 Å². The Hall–Kier alpha value is -1.72. The van der Waals surface area contributed by atoms with Crippen molar-refractivity contribution in [1.82, 2.24) is 10.0 Å². The molecule has 0 aliphatic carbocycles. The molecule has 0 spiro atoms. The van der Waals surface area contributed by atoms with Crippen LogP contribution in [0.4, 0.5) is 0 Å². The van der Waals surface area contributed by atoms with E-state index in [2.05, 4.69) is 31.0 Å². The molecule has 0 aromatic rings. The van der Waals surface area contributed by atoms with Crippen LogP contribution in [0.15, 0.2) is 10.2 Å². The molecule has 2 aliphatic rings. The predicted molar refractivity (Wildman–Crippen MR) is 123 cm³/mol. The van der Waals surface area contributed by atoms with E-state index in [4.69, 9.17) is 0 Å². The molecule has 170 valence electrons. The van der Waals surface area contributed by atoms with E-state index < -0.39 is 0 Å². The van der Waals surface area contributed by atoms with Gasteiger partial charge >= 0.3 is 0 Å². The first-order valence-corrected chi connectivity index (χ1v) is 12.2. The lowest BCUT2D eigenvalue weighted by atomic mass is 9.74. The van der Waals surface area contributed by atoms with Gasteiger partial charge in [-0.15, -0.1) is 0 Å². The van der Waals surface area contributed by atoms with Crippen molar-refractivity contribution in [3.05, 3.63) is 0 Å². The summed E-state index contributed by atoms with van der Waals surface area (Å²) in [4.78, 5) is 26.5. The van der Waals surface area contributed by atoms with E-state index in [1.165, 1.54) is 25.7 Å². The van der Waals surface area contributed by atoms with E-state index in [1.807, 2.05) is 13.8 Å². The lowest BCUT2D eigenvalue weighted by Gasteiger charge is -2.28. The first-order chi connectivity index (χ1) is 14.5. The van der Waals surface area contributed by atoms with E-state index >= 15 is 0 Å². The maximum absolute atomic E-state index is 13.2. The Morgan fingerprint density at radius 2 is 1.13 bits per heavy atom. The van der Waals surface area contributed by atoms with Crippen molar-refractivity contribution in [1.29, 1.82) is 0 Å². The minimum Gasteiger partial charge on any atom is -0.272 e. The normalized spacial score (nSPS) is 22.7. The fourth-order valence-corrected chi connectivity index (χ4v) is 4.82. The van der Waals surface area contributed by atoms with E-state index in [0.29, 0.717) is 13.1 Å². The number of hydrogen-bond acceptors (Lipinski definition) is 4. The molecule has 30 heavy (non-hydrogen) atoms. The maximum atomic E-state index is 13.2. The minimum atomic E-state index is -0.296. The van der Waals surface area contributed by atoms with Crippen LogP contribution >= 0.6 is 0 Å². The van der Waals surface area contributed by atoms with E-state index in [0.717, 1.165) is 49.9 Å². The smallest absolute Gasteiger partial charge is 0.251 e. The molecular weight excluding hydrogens is 376 g/mol. The van der Waals surface area contributed by atoms with Crippen LogP contribution < -0.4 is 0 Å². The Morgan fingerprint density at radius 3 is 1.50 bits per heavy atom. The van der Waals surface area contributed by atoms with Crippen LogP contribution in [-0.2, 0) is 9.59 Å². The molecule has 2 rings (SSSR count). The van der Waals surface area contributed by atoms with Gasteiger partial charge in [-0.05, 0) is 39.0 Å². The van der Waals surface area contributed by atoms with Crippen molar-refractivity contribution < 1.29 is 9.59 Å². The van der Waals surface area contributed by atoms with Gasteiger partial charge in [-0.1, -0.05) is 65.7 Å². The van der Waals surface area contributed by atoms with Gasteiger partial charge in [-0.25, -0.2) is 10.0 Å². The Balaban J connectivity index is 2.08. The van der Waals surface area contributed by atoms with Gasteiger partial charge in [0.15, 0.2) is 0 Å². The molecule has 0 saturated carbocycles. The summed E-state index contributed by atoms with van der Waals surface area (Å²) in [6.07, 6.45) is 10.7. The average molecular weight is 419 g/mol. The molecule has 0 aromatic heterocycles. The van der Waals surface area contributed by atoms with Crippen molar-refractivity contribution in [3.63, 3.8) is 0 Å². The second kappa shape index (κ2) is 12.2. The van der Waals surface area contributed by atoms with E-state index in [-0.39, 0.29) is 29.6 Å². The summed E-state index contributed by atoms with van der Waals surface area (Å²) >= 11 is 0. The summed E-state index contributed by atoms with van der Waals surface area (Å²) in [7, 11) is 0. The molecule has 2 amide bonds. The third-order valence-electron chi connectivity index (χ3n) is 6.42. The number of nitrogens with zero attached hydrogens (tertiary/aromatic N) is 4. The summed E-state index contributed by atoms with van der Waals surface area (Å²) in [6, 6.07) is 0. The van der Waals surface area contributed by atoms with Crippen LogP contribution in [0.3, 0.4) is 0 Å². The van der Waals surface area contributed by atoms with Crippen molar-refractivity contribution in [3.8, 4) is 0 Å². The topological polar surface area (TPSA) is 65.3 Å². The Kier molecular flexibility index (Phi) is 9.99. The van der Waals surface area contributed by atoms with Gasteiger partial charge in [0.1, 0.15) is 0 Å². The second-order valence-corrected chi connectivity index (χ2v) is 8.93. The van der Waals surface area contributed by atoms with Crippen LogP contribution in [0, 0.1) is 17.8 Å². The summed E-state index contributed by atoms with van der Waals surface area (Å²) in [5.41, 5.74) is 1.71. The molecule has 2 aliphatic heterocycles. The highest BCUT2D eigenvalue weighted by molar-refractivity contribution is 6.11. The highest BCUT2D eigenvalue weighted by Gasteiger charge is 2.47. The van der Waals surface area contributed by atoms with Crippen molar-refractivity contribution in [2.24, 2.45) is 28.0 Å². The van der Waals surface area contributed by atoms with Gasteiger partial charge in [-0.2, -0.15) is 10.2 Å². The summed E-state index contributed by atoms with van der Waals surface area (Å²) in [6.45, 7) is 11.8. The zero-order chi connectivity index (χ0) is 22.1. The minimum absolute atomic E-state index is 0.0521. The second-order valence-electron chi connectivity index (χ2n) is 8.93. The number of rotatable bonds is 14. The fraction of sp³-hybridized carbons (Fsp3) is 0.833. The Morgan fingerprint density at radius 1 is 0.700 bits per heavy atom. The number of carbonyl (C=O) groups excluding carboxylic acids is 2. The van der Waals surface area contributed by atoms with Crippen molar-refractivity contribution in [2.45, 2.75) is 98.8 Å². The zero-order valence-corrected chi connectivity index (χ0v) is 19.8. The van der Waals surface area contributed by atoms with Gasteiger partial charge in [0.25, 0.3) is 11.8 Å². The molecule has 2 atom stereocenters. The molecule has 0 saturated heterocycles. The Labute approximate surface area is 183 Å². The molecule has 0 fully saturated rings. The summed E-state index contributed by atoms with van der Waals surface area (Å²) in [5, 5.41) is 12.5. The monoisotopic (exact) mass is 418 g/mol. The van der Waals surface area contributed by atoms with Crippen molar-refractivity contribution >= 4 is 23.2 Å². The largest absolute Gasteiger partial charge is 0.272 e. The third-order valence-corrected chi connectivity index (χ3v) is 6.42. The van der Waals surface area contributed by atoms with Gasteiger partial charge in [-0.3, -0.25) is 9.59 Å². The molecule has 2 unspecified atom stereocenters. The number of hydrogen-bond donors (Lipinski definition) is 0. The van der Waals surface area contributed by atoms with Crippen LogP contribution in [0.5, 0.6) is 0 Å². The molecule has 0 aromatic carbocycles. The molecule has 0 N–H and O–H groups in total. The molecular formula is C24H42N4O2. The summed E-state index contributed by atoms with van der Waals surface area (Å²) < 4.78 is 0. The number of hydrazone groups is 2. The molecule has 0 bridgehead atoms. The van der Waals surface area contributed by atoms with Gasteiger partial charge < -0.3 is 0 Å². The first kappa shape index (κ1) is 24.5. The van der Waals surface area contributed by atoms with Crippen LogP contribution in [0.2, 0.25) is 0 Å². The molecule has 2 heterocycles. The first-order valence-electron chi connectivity index (χ1n) is 12.2. The van der Waals surface area contributed by atoms with Crippen LogP contribution in [0.1, 0.15) is 98.8 Å². The molecule has 0 radical (unpaired) electrons. The molecule has 6 nitrogen and oxygen atoms in total. The van der Waals surface area contributed by atoms with E-state index in [9.17, 15) is 9.59 Å². The summed E-state index contributed by atoms with van der Waals surface area (Å²) in [5.74, 6) is -0.497. The maximum Gasteiger partial charge on any atom is 0.251 e. The number of amides is 2. The number of unbranched alkanes of at least 4 members (excludes halogenated alkanes) is 6. The van der Waals surface area contributed by atoms with Gasteiger partial charge in [0, 0.05) is 24.5 Å². The van der Waals surface area contributed by atoms with E-state index in [1.54, 1.807) is 10.0 Å². The zero-order valence-electron chi connectivity index (χ0n) is 19.8. The Bertz CT molecular complexity index is 591. The fourth-order valence-electron chi connectivity index (χ4n) is 4.82. The highest BCUT2D eigenvalue weighted by Crippen LogP contribution is 2.36. The lowest BCUT2D eigenvalue weighted by Crippen LogP contribution is -2.41. The third kappa shape index (κ3) is 5.92. The van der Waals surface area contributed by atoms with Crippen LogP contribution in [-0.4, -0.2) is 46.3 Å². The van der Waals surface area contributed by atoms with Crippen molar-refractivity contribution in [2.75, 3.05) is 13.1 Å². The number of carbonyl (C=O) groups is 2. The lowest BCUT2D eigenvalue weighted by molar-refractivity contribution is -0.136.